The molecule has 0 aromatic carbocycles. The van der Waals surface area contributed by atoms with E-state index in [2.05, 4.69) is 0 Å². The lowest BCUT2D eigenvalue weighted by Crippen LogP contribution is -2.43. The molecule has 1 amide bonds. The molecule has 0 aromatic heterocycles. The van der Waals surface area contributed by atoms with Gasteiger partial charge in [0.25, 0.3) is 23.9 Å². The van der Waals surface area contributed by atoms with Gasteiger partial charge >= 0.3 is 23.9 Å². The number of aliphatic carboxylic acids is 8. The first kappa shape index (κ1) is 55.9. The van der Waals surface area contributed by atoms with E-state index in [-0.39, 0.29) is 13.1 Å². The van der Waals surface area contributed by atoms with E-state index in [0.717, 1.165) is 43.9 Å². The van der Waals surface area contributed by atoms with E-state index < -0.39 is 73.9 Å². The summed E-state index contributed by atoms with van der Waals surface area (Å²) in [6, 6.07) is 0. The van der Waals surface area contributed by atoms with Crippen LogP contribution in [0.3, 0.4) is 0 Å². The van der Waals surface area contributed by atoms with Crippen molar-refractivity contribution >= 4 is 54.2 Å². The van der Waals surface area contributed by atoms with Gasteiger partial charge in [0, 0.05) is 68.0 Å². The first-order valence-corrected chi connectivity index (χ1v) is 11.9. The lowest BCUT2D eigenvalue weighted by atomic mass is 10.4. The molecule has 0 aromatic rings. The molecule has 0 aliphatic heterocycles. The van der Waals surface area contributed by atoms with Crippen molar-refractivity contribution in [2.75, 3.05) is 66.5 Å². The van der Waals surface area contributed by atoms with Crippen LogP contribution in [-0.2, 0) is 43.2 Å². The van der Waals surface area contributed by atoms with Crippen LogP contribution in [0.15, 0.2) is 0 Å². The van der Waals surface area contributed by atoms with Gasteiger partial charge < -0.3 is 57.2 Å². The number of hydrogen-bond acceptors (Lipinski definition) is 13. The van der Waals surface area contributed by atoms with E-state index in [1.807, 2.05) is 0 Å². The Hall–Kier alpha value is -4.93. The molecule has 0 saturated heterocycles. The molecule has 0 heterocycles. The van der Waals surface area contributed by atoms with Crippen LogP contribution >= 0.6 is 0 Å². The number of nitrogens with two attached hydrogens (primary N) is 2. The van der Waals surface area contributed by atoms with Crippen LogP contribution < -0.4 is 11.5 Å². The number of amides is 1. The monoisotopic (exact) mass is 665 g/mol. The van der Waals surface area contributed by atoms with Gasteiger partial charge in [-0.3, -0.25) is 53.0 Å². The Morgan fingerprint density at radius 3 is 0.689 bits per heavy atom. The van der Waals surface area contributed by atoms with Crippen molar-refractivity contribution in [3.05, 3.63) is 0 Å². The number of carbonyl (C=O) groups excluding carboxylic acids is 1. The average molecular weight is 666 g/mol. The van der Waals surface area contributed by atoms with Gasteiger partial charge in [-0.2, -0.15) is 0 Å². The summed E-state index contributed by atoms with van der Waals surface area (Å²) in [6.07, 6.45) is 0.750. The van der Waals surface area contributed by atoms with Gasteiger partial charge in [0.1, 0.15) is 0 Å². The Labute approximate surface area is 259 Å². The maximum absolute atomic E-state index is 10.6. The number of rotatable bonds is 13. The van der Waals surface area contributed by atoms with Gasteiger partial charge in [0.15, 0.2) is 0 Å². The van der Waals surface area contributed by atoms with E-state index in [1.54, 1.807) is 14.1 Å². The molecule has 22 nitrogen and oxygen atoms in total. The van der Waals surface area contributed by atoms with Crippen LogP contribution in [0.4, 0.5) is 0 Å². The van der Waals surface area contributed by atoms with E-state index in [9.17, 15) is 24.0 Å². The summed E-state index contributed by atoms with van der Waals surface area (Å²) in [5.41, 5.74) is 9.81. The Balaban J connectivity index is -0.0000000932. The molecular weight excluding hydrogens is 618 g/mol. The van der Waals surface area contributed by atoms with Crippen LogP contribution in [0.2, 0.25) is 0 Å². The highest BCUT2D eigenvalue weighted by Gasteiger charge is 2.18. The molecule has 0 aliphatic rings. The summed E-state index contributed by atoms with van der Waals surface area (Å²) in [5.74, 6) is -8.24. The van der Waals surface area contributed by atoms with Crippen molar-refractivity contribution in [3.63, 3.8) is 0 Å². The van der Waals surface area contributed by atoms with Gasteiger partial charge in [-0.05, 0) is 0 Å². The van der Waals surface area contributed by atoms with Crippen molar-refractivity contribution in [2.24, 2.45) is 11.5 Å². The van der Waals surface area contributed by atoms with Crippen LogP contribution in [0.1, 0.15) is 27.7 Å². The first-order valence-electron chi connectivity index (χ1n) is 11.9. The average Bonchev–Trinajstić information content (AvgIpc) is 2.80. The smallest absolute Gasteiger partial charge is 0.317 e. The number of carboxylic acids is 8. The minimum absolute atomic E-state index is 0.0703. The molecule has 266 valence electrons. The minimum atomic E-state index is -1.23. The SMILES string of the molecule is CC(=O)O.CC(=O)O.CC(=O)O.CC(=O)O.CN(C)C=O.NCCN.O=C(O)CN(CCN(CC(=O)O)CC(=O)O)CC(=O)O. The van der Waals surface area contributed by atoms with E-state index in [1.165, 1.54) is 4.90 Å². The Morgan fingerprint density at radius 1 is 0.489 bits per heavy atom. The van der Waals surface area contributed by atoms with E-state index >= 15 is 0 Å². The molecule has 0 fully saturated rings. The highest BCUT2D eigenvalue weighted by atomic mass is 16.4. The normalized spacial score (nSPS) is 8.40. The topological polar surface area (TPSA) is 377 Å². The van der Waals surface area contributed by atoms with Crippen molar-refractivity contribution in [1.82, 2.24) is 14.7 Å². The third-order valence-electron chi connectivity index (χ3n) is 2.55. The summed E-state index contributed by atoms with van der Waals surface area (Å²) in [4.78, 5) is 91.2. The predicted octanol–water partition coefficient (Wildman–Crippen LogP) is -3.10. The molecule has 0 atom stereocenters. The fourth-order valence-corrected chi connectivity index (χ4v) is 1.48. The van der Waals surface area contributed by atoms with Gasteiger partial charge in [-0.1, -0.05) is 0 Å². The lowest BCUT2D eigenvalue weighted by Gasteiger charge is -2.23. The van der Waals surface area contributed by atoms with Gasteiger partial charge in [-0.25, -0.2) is 0 Å². The minimum Gasteiger partial charge on any atom is -0.481 e. The molecule has 12 N–H and O–H groups in total. The molecular formula is C23H47N5O17. The molecule has 0 unspecified atom stereocenters. The Morgan fingerprint density at radius 2 is 0.622 bits per heavy atom. The maximum Gasteiger partial charge on any atom is 0.317 e. The fourth-order valence-electron chi connectivity index (χ4n) is 1.48. The van der Waals surface area contributed by atoms with Crippen LogP contribution in [0, 0.1) is 0 Å². The number of hydrogen-bond donors (Lipinski definition) is 10. The van der Waals surface area contributed by atoms with Gasteiger partial charge in [0.05, 0.1) is 26.2 Å². The van der Waals surface area contributed by atoms with Crippen molar-refractivity contribution in [3.8, 4) is 0 Å². The Kier molecular flexibility index (Phi) is 51.2. The first-order chi connectivity index (χ1) is 20.3. The second-order valence-electron chi connectivity index (χ2n) is 7.72. The highest BCUT2D eigenvalue weighted by Crippen LogP contribution is 1.94. The van der Waals surface area contributed by atoms with Crippen LogP contribution in [0.5, 0.6) is 0 Å². The highest BCUT2D eigenvalue weighted by molar-refractivity contribution is 5.73. The third kappa shape index (κ3) is 148. The van der Waals surface area contributed by atoms with Crippen molar-refractivity contribution in [2.45, 2.75) is 27.7 Å². The van der Waals surface area contributed by atoms with Crippen LogP contribution in [0.25, 0.3) is 0 Å². The molecule has 0 rings (SSSR count). The zero-order valence-corrected chi connectivity index (χ0v) is 26.0. The van der Waals surface area contributed by atoms with E-state index in [0.29, 0.717) is 13.1 Å². The quantitative estimate of drug-likeness (QED) is 0.0870. The summed E-state index contributed by atoms with van der Waals surface area (Å²) in [7, 11) is 3.38. The van der Waals surface area contributed by atoms with Gasteiger partial charge in [0.2, 0.25) is 6.41 Å². The molecule has 45 heavy (non-hydrogen) atoms. The maximum atomic E-state index is 10.6. The zero-order valence-electron chi connectivity index (χ0n) is 26.0. The summed E-state index contributed by atoms with van der Waals surface area (Å²) < 4.78 is 0. The molecule has 0 bridgehead atoms. The lowest BCUT2D eigenvalue weighted by molar-refractivity contribution is -0.145. The molecule has 0 saturated carbocycles. The number of carboxylic acid groups (broad SMARTS) is 8. The number of carbonyl (C=O) groups is 9. The second-order valence-corrected chi connectivity index (χ2v) is 7.72. The van der Waals surface area contributed by atoms with E-state index in [4.69, 9.17) is 71.5 Å². The fraction of sp³-hybridized carbons (Fsp3) is 0.609. The second kappa shape index (κ2) is 41.2. The van der Waals surface area contributed by atoms with Crippen molar-refractivity contribution in [1.29, 1.82) is 0 Å². The molecule has 22 heteroatoms. The third-order valence-corrected chi connectivity index (χ3v) is 2.55. The summed E-state index contributed by atoms with van der Waals surface area (Å²) in [5, 5.41) is 64.1. The standard InChI is InChI=1S/C10H16N2O8.C3H7NO.C2H8N2.4C2H4O2/c13-7(14)3-11(4-8(15)16)1-2-12(5-9(17)18)6-10(19)20;1-4(2)3-5;3-1-2-4;4*1-2(3)4/h1-6H2,(H,13,14)(H,15,16)(H,17,18)(H,19,20);3H,1-2H3;1-4H2;4*1H3,(H,3,4). The summed E-state index contributed by atoms with van der Waals surface area (Å²) >= 11 is 0. The zero-order chi connectivity index (χ0) is 37.7. The Bertz CT molecular complexity index is 720. The molecule has 0 radical (unpaired) electrons. The van der Waals surface area contributed by atoms with Crippen LogP contribution in [-0.4, -0.2) is 176 Å². The van der Waals surface area contributed by atoms with Crippen molar-refractivity contribution < 1.29 is 84.0 Å². The number of nitrogens with zero attached hydrogens (tertiary/aromatic N) is 3. The summed E-state index contributed by atoms with van der Waals surface area (Å²) in [6.45, 7) is 3.28. The molecule has 0 aliphatic carbocycles. The van der Waals surface area contributed by atoms with Gasteiger partial charge in [-0.15, -0.1) is 0 Å². The molecule has 0 spiro atoms. The predicted molar refractivity (Wildman–Crippen MR) is 155 cm³/mol. The largest absolute Gasteiger partial charge is 0.481 e.